The number of rotatable bonds is 3. The number of carbonyl (C=O) groups excluding carboxylic acids is 1. The van der Waals surface area contributed by atoms with Crippen molar-refractivity contribution in [3.63, 3.8) is 0 Å². The zero-order valence-electron chi connectivity index (χ0n) is 8.81. The highest BCUT2D eigenvalue weighted by Gasteiger charge is 2.22. The van der Waals surface area contributed by atoms with Crippen LogP contribution in [0.3, 0.4) is 0 Å². The van der Waals surface area contributed by atoms with E-state index in [2.05, 4.69) is 6.92 Å². The Morgan fingerprint density at radius 1 is 1.31 bits per heavy atom. The Balaban J connectivity index is 2.54. The molecule has 1 rings (SSSR count). The lowest BCUT2D eigenvalue weighted by Crippen LogP contribution is -2.19. The molecular weight excluding hydrogens is 160 g/mol. The van der Waals surface area contributed by atoms with Crippen molar-refractivity contribution in [3.05, 3.63) is 11.6 Å². The zero-order valence-corrected chi connectivity index (χ0v) is 8.81. The second kappa shape index (κ2) is 5.21. The Hall–Kier alpha value is -0.590. The fourth-order valence-corrected chi connectivity index (χ4v) is 2.15. The molecule has 0 aromatic heterocycles. The lowest BCUT2D eigenvalue weighted by atomic mass is 9.83. The van der Waals surface area contributed by atoms with Gasteiger partial charge in [0.2, 0.25) is 0 Å². The molecule has 74 valence electrons. The number of hydrogen-bond acceptors (Lipinski definition) is 1. The smallest absolute Gasteiger partial charge is 0.161 e. The molecule has 0 bridgehead atoms. The van der Waals surface area contributed by atoms with Gasteiger partial charge >= 0.3 is 0 Å². The summed E-state index contributed by atoms with van der Waals surface area (Å²) in [6, 6.07) is 0. The minimum Gasteiger partial charge on any atom is -0.294 e. The molecule has 0 aliphatic heterocycles. The quantitative estimate of drug-likeness (QED) is 0.607. The summed E-state index contributed by atoms with van der Waals surface area (Å²) < 4.78 is 0. The first-order valence-corrected chi connectivity index (χ1v) is 5.49. The fraction of sp³-hybridized carbons (Fsp3) is 0.750. The Kier molecular flexibility index (Phi) is 4.20. The molecule has 0 saturated heterocycles. The van der Waals surface area contributed by atoms with E-state index in [0.717, 1.165) is 24.8 Å². The van der Waals surface area contributed by atoms with Crippen molar-refractivity contribution in [2.24, 2.45) is 5.92 Å². The molecule has 1 aliphatic carbocycles. The summed E-state index contributed by atoms with van der Waals surface area (Å²) in [6.45, 7) is 4.04. The second-order valence-corrected chi connectivity index (χ2v) is 3.87. The van der Waals surface area contributed by atoms with E-state index in [1.807, 2.05) is 13.0 Å². The number of allylic oxidation sites excluding steroid dienone is 2. The molecule has 0 aromatic carbocycles. The highest BCUT2D eigenvalue weighted by molar-refractivity contribution is 5.97. The molecule has 0 unspecified atom stereocenters. The molecule has 13 heavy (non-hydrogen) atoms. The summed E-state index contributed by atoms with van der Waals surface area (Å²) in [5.41, 5.74) is 1.03. The molecule has 1 saturated carbocycles. The van der Waals surface area contributed by atoms with Crippen LogP contribution < -0.4 is 0 Å². The maximum absolute atomic E-state index is 11.9. The van der Waals surface area contributed by atoms with Crippen LogP contribution in [0.5, 0.6) is 0 Å². The standard InChI is InChI=1S/C12H20O/c1-3-10(4-2)12(13)11-8-6-5-7-9-11/h3,11H,4-9H2,1-2H3. The molecule has 1 heteroatoms. The van der Waals surface area contributed by atoms with Crippen molar-refractivity contribution in [1.29, 1.82) is 0 Å². The topological polar surface area (TPSA) is 17.1 Å². The predicted octanol–water partition coefficient (Wildman–Crippen LogP) is 3.49. The van der Waals surface area contributed by atoms with Crippen LogP contribution in [0.25, 0.3) is 0 Å². The van der Waals surface area contributed by atoms with Crippen LogP contribution in [-0.4, -0.2) is 5.78 Å². The number of ketones is 1. The van der Waals surface area contributed by atoms with E-state index >= 15 is 0 Å². The first kappa shape index (κ1) is 10.5. The van der Waals surface area contributed by atoms with Crippen LogP contribution >= 0.6 is 0 Å². The molecule has 0 aromatic rings. The summed E-state index contributed by atoms with van der Waals surface area (Å²) in [5.74, 6) is 0.768. The number of carbonyl (C=O) groups is 1. The summed E-state index contributed by atoms with van der Waals surface area (Å²) >= 11 is 0. The normalized spacial score (nSPS) is 20.3. The molecule has 1 fully saturated rings. The van der Waals surface area contributed by atoms with Gasteiger partial charge in [-0.3, -0.25) is 4.79 Å². The van der Waals surface area contributed by atoms with E-state index in [0.29, 0.717) is 11.7 Å². The van der Waals surface area contributed by atoms with Crippen molar-refractivity contribution >= 4 is 5.78 Å². The van der Waals surface area contributed by atoms with Gasteiger partial charge in [0, 0.05) is 5.92 Å². The molecule has 0 N–H and O–H groups in total. The Morgan fingerprint density at radius 3 is 2.38 bits per heavy atom. The largest absolute Gasteiger partial charge is 0.294 e. The summed E-state index contributed by atoms with van der Waals surface area (Å²) in [4.78, 5) is 11.9. The molecule has 0 amide bonds. The molecule has 0 heterocycles. The van der Waals surface area contributed by atoms with E-state index in [1.165, 1.54) is 19.3 Å². The van der Waals surface area contributed by atoms with Gasteiger partial charge in [-0.2, -0.15) is 0 Å². The SMILES string of the molecule is CC=C(CC)C(=O)C1CCCCC1. The number of hydrogen-bond donors (Lipinski definition) is 0. The maximum atomic E-state index is 11.9. The highest BCUT2D eigenvalue weighted by Crippen LogP contribution is 2.27. The first-order valence-electron chi connectivity index (χ1n) is 5.49. The summed E-state index contributed by atoms with van der Waals surface area (Å²) in [7, 11) is 0. The Bertz CT molecular complexity index is 197. The van der Waals surface area contributed by atoms with Gasteiger partial charge in [-0.05, 0) is 31.8 Å². The third-order valence-electron chi connectivity index (χ3n) is 3.02. The van der Waals surface area contributed by atoms with Crippen molar-refractivity contribution < 1.29 is 4.79 Å². The van der Waals surface area contributed by atoms with Gasteiger partial charge in [0.05, 0.1) is 0 Å². The lowest BCUT2D eigenvalue weighted by Gasteiger charge is -2.21. The zero-order chi connectivity index (χ0) is 9.68. The third kappa shape index (κ3) is 2.68. The molecule has 1 nitrogen and oxygen atoms in total. The monoisotopic (exact) mass is 180 g/mol. The van der Waals surface area contributed by atoms with E-state index in [9.17, 15) is 4.79 Å². The van der Waals surface area contributed by atoms with Crippen LogP contribution in [0, 0.1) is 5.92 Å². The van der Waals surface area contributed by atoms with Crippen molar-refractivity contribution in [2.75, 3.05) is 0 Å². The van der Waals surface area contributed by atoms with E-state index < -0.39 is 0 Å². The average Bonchev–Trinajstić information content (AvgIpc) is 2.21. The van der Waals surface area contributed by atoms with E-state index in [1.54, 1.807) is 0 Å². The van der Waals surface area contributed by atoms with Crippen LogP contribution in [0.15, 0.2) is 11.6 Å². The van der Waals surface area contributed by atoms with Crippen LogP contribution in [0.4, 0.5) is 0 Å². The molecule has 1 aliphatic rings. The van der Waals surface area contributed by atoms with Gasteiger partial charge < -0.3 is 0 Å². The second-order valence-electron chi connectivity index (χ2n) is 3.87. The third-order valence-corrected chi connectivity index (χ3v) is 3.02. The van der Waals surface area contributed by atoms with Crippen LogP contribution in [0.2, 0.25) is 0 Å². The average molecular weight is 180 g/mol. The van der Waals surface area contributed by atoms with Crippen molar-refractivity contribution in [3.8, 4) is 0 Å². The fourth-order valence-electron chi connectivity index (χ4n) is 2.15. The molecule has 0 atom stereocenters. The summed E-state index contributed by atoms with van der Waals surface area (Å²) in [5, 5.41) is 0. The Labute approximate surface area is 81.2 Å². The van der Waals surface area contributed by atoms with Gasteiger partial charge in [-0.25, -0.2) is 0 Å². The van der Waals surface area contributed by atoms with E-state index in [4.69, 9.17) is 0 Å². The molecule has 0 spiro atoms. The number of Topliss-reactive ketones (excluding diaryl/α,β-unsaturated/α-hetero) is 1. The minimum absolute atomic E-state index is 0.347. The van der Waals surface area contributed by atoms with Crippen LogP contribution in [0.1, 0.15) is 52.4 Å². The van der Waals surface area contributed by atoms with Crippen molar-refractivity contribution in [2.45, 2.75) is 52.4 Å². The lowest BCUT2D eigenvalue weighted by molar-refractivity contribution is -0.120. The maximum Gasteiger partial charge on any atom is 0.161 e. The van der Waals surface area contributed by atoms with Crippen LogP contribution in [-0.2, 0) is 4.79 Å². The highest BCUT2D eigenvalue weighted by atomic mass is 16.1. The van der Waals surface area contributed by atoms with Gasteiger partial charge in [-0.15, -0.1) is 0 Å². The molecular formula is C12H20O. The summed E-state index contributed by atoms with van der Waals surface area (Å²) in [6.07, 6.45) is 8.93. The minimum atomic E-state index is 0.347. The van der Waals surface area contributed by atoms with E-state index in [-0.39, 0.29) is 0 Å². The van der Waals surface area contributed by atoms with Gasteiger partial charge in [0.25, 0.3) is 0 Å². The van der Waals surface area contributed by atoms with Crippen molar-refractivity contribution in [1.82, 2.24) is 0 Å². The predicted molar refractivity (Wildman–Crippen MR) is 55.6 cm³/mol. The Morgan fingerprint density at radius 2 is 1.92 bits per heavy atom. The van der Waals surface area contributed by atoms with Gasteiger partial charge in [-0.1, -0.05) is 32.3 Å². The first-order chi connectivity index (χ1) is 6.29. The van der Waals surface area contributed by atoms with Gasteiger partial charge in [0.1, 0.15) is 0 Å². The van der Waals surface area contributed by atoms with Gasteiger partial charge in [0.15, 0.2) is 5.78 Å². The molecule has 0 radical (unpaired) electrons.